The highest BCUT2D eigenvalue weighted by atomic mass is 14.3. The van der Waals surface area contributed by atoms with Gasteiger partial charge in [-0.25, -0.2) is 0 Å². The van der Waals surface area contributed by atoms with Crippen LogP contribution in [0.1, 0.15) is 155 Å². The van der Waals surface area contributed by atoms with E-state index < -0.39 is 0 Å². The minimum absolute atomic E-state index is 1.07. The van der Waals surface area contributed by atoms with E-state index in [4.69, 9.17) is 0 Å². The molecule has 0 amide bonds. The van der Waals surface area contributed by atoms with Crippen LogP contribution in [0.4, 0.5) is 0 Å². The van der Waals surface area contributed by atoms with Gasteiger partial charge in [0.05, 0.1) is 0 Å². The van der Waals surface area contributed by atoms with Crippen LogP contribution in [0, 0.1) is 11.8 Å². The van der Waals surface area contributed by atoms with E-state index in [9.17, 15) is 0 Å². The predicted molar refractivity (Wildman–Crippen MR) is 129 cm³/mol. The Morgan fingerprint density at radius 3 is 1.43 bits per heavy atom. The second-order valence-corrected chi connectivity index (χ2v) is 9.77. The normalized spacial score (nSPS) is 19.8. The number of rotatable bonds is 20. The zero-order chi connectivity index (χ0) is 20.1. The highest BCUT2D eigenvalue weighted by Gasteiger charge is 2.23. The van der Waals surface area contributed by atoms with E-state index >= 15 is 0 Å². The van der Waals surface area contributed by atoms with Crippen molar-refractivity contribution in [2.45, 2.75) is 155 Å². The van der Waals surface area contributed by atoms with Crippen LogP contribution in [0.25, 0.3) is 0 Å². The van der Waals surface area contributed by atoms with Gasteiger partial charge in [-0.2, -0.15) is 0 Å². The third kappa shape index (κ3) is 15.6. The van der Waals surface area contributed by atoms with E-state index in [1.54, 1.807) is 12.8 Å². The van der Waals surface area contributed by atoms with Gasteiger partial charge >= 0.3 is 0 Å². The molecule has 0 heteroatoms. The molecule has 1 saturated carbocycles. The first kappa shape index (κ1) is 25.8. The van der Waals surface area contributed by atoms with Gasteiger partial charge in [0.25, 0.3) is 0 Å². The molecule has 0 saturated heterocycles. The standard InChI is InChI=1S/C28H54/c1-3-5-7-9-11-13-15-17-19-21-23-28-25-24-27(26-28)22-20-18-16-14-12-10-8-6-4-2/h13,15,27-28H,3-12,14,16-26H2,1-2H3. The molecular weight excluding hydrogens is 336 g/mol. The predicted octanol–water partition coefficient (Wildman–Crippen LogP) is 10.4. The summed E-state index contributed by atoms with van der Waals surface area (Å²) in [5, 5.41) is 0. The Bertz CT molecular complexity index is 329. The Hall–Kier alpha value is -0.260. The first-order valence-electron chi connectivity index (χ1n) is 13.5. The Balaban J connectivity index is 1.84. The molecule has 0 bridgehead atoms. The Kier molecular flexibility index (Phi) is 18.4. The summed E-state index contributed by atoms with van der Waals surface area (Å²) in [5.41, 5.74) is 0. The van der Waals surface area contributed by atoms with Crippen molar-refractivity contribution >= 4 is 0 Å². The molecule has 0 N–H and O–H groups in total. The lowest BCUT2D eigenvalue weighted by molar-refractivity contribution is 0.418. The second-order valence-electron chi connectivity index (χ2n) is 9.77. The van der Waals surface area contributed by atoms with E-state index in [0.29, 0.717) is 0 Å². The first-order valence-corrected chi connectivity index (χ1v) is 13.5. The maximum Gasteiger partial charge on any atom is -0.0351 e. The van der Waals surface area contributed by atoms with Crippen molar-refractivity contribution in [3.63, 3.8) is 0 Å². The molecule has 0 aromatic rings. The molecule has 0 nitrogen and oxygen atoms in total. The van der Waals surface area contributed by atoms with Crippen LogP contribution in [0.3, 0.4) is 0 Å². The molecule has 0 heterocycles. The lowest BCUT2D eigenvalue weighted by Crippen LogP contribution is -1.97. The summed E-state index contributed by atoms with van der Waals surface area (Å²) in [6, 6.07) is 0. The van der Waals surface area contributed by atoms with Gasteiger partial charge in [-0.05, 0) is 43.9 Å². The van der Waals surface area contributed by atoms with Crippen LogP contribution in [0.15, 0.2) is 12.2 Å². The van der Waals surface area contributed by atoms with Gasteiger partial charge in [-0.3, -0.25) is 0 Å². The van der Waals surface area contributed by atoms with E-state index in [1.165, 1.54) is 128 Å². The summed E-state index contributed by atoms with van der Waals surface area (Å²) in [4.78, 5) is 0. The van der Waals surface area contributed by atoms with Crippen molar-refractivity contribution in [3.05, 3.63) is 12.2 Å². The average molecular weight is 391 g/mol. The van der Waals surface area contributed by atoms with Gasteiger partial charge in [-0.1, -0.05) is 135 Å². The fourth-order valence-electron chi connectivity index (χ4n) is 5.07. The number of unbranched alkanes of at least 4 members (excludes halogenated alkanes) is 14. The molecule has 2 unspecified atom stereocenters. The van der Waals surface area contributed by atoms with Crippen LogP contribution < -0.4 is 0 Å². The highest BCUT2D eigenvalue weighted by molar-refractivity contribution is 4.82. The van der Waals surface area contributed by atoms with Gasteiger partial charge in [-0.15, -0.1) is 0 Å². The van der Waals surface area contributed by atoms with Crippen molar-refractivity contribution in [2.24, 2.45) is 11.8 Å². The maximum absolute atomic E-state index is 2.45. The zero-order valence-electron chi connectivity index (χ0n) is 19.9. The highest BCUT2D eigenvalue weighted by Crippen LogP contribution is 2.37. The van der Waals surface area contributed by atoms with Gasteiger partial charge < -0.3 is 0 Å². The molecule has 1 aliphatic rings. The van der Waals surface area contributed by atoms with Crippen molar-refractivity contribution in [1.29, 1.82) is 0 Å². The zero-order valence-corrected chi connectivity index (χ0v) is 19.9. The summed E-state index contributed by atoms with van der Waals surface area (Å²) < 4.78 is 0. The van der Waals surface area contributed by atoms with Gasteiger partial charge in [0, 0.05) is 0 Å². The van der Waals surface area contributed by atoms with Crippen molar-refractivity contribution in [2.75, 3.05) is 0 Å². The molecule has 0 aromatic carbocycles. The fourth-order valence-corrected chi connectivity index (χ4v) is 5.07. The average Bonchev–Trinajstić information content (AvgIpc) is 3.16. The quantitative estimate of drug-likeness (QED) is 0.143. The second kappa shape index (κ2) is 20.0. The molecule has 1 rings (SSSR count). The monoisotopic (exact) mass is 390 g/mol. The Labute approximate surface area is 179 Å². The van der Waals surface area contributed by atoms with E-state index in [2.05, 4.69) is 26.0 Å². The lowest BCUT2D eigenvalue weighted by atomic mass is 9.95. The lowest BCUT2D eigenvalue weighted by Gasteiger charge is -2.11. The van der Waals surface area contributed by atoms with Crippen LogP contribution in [-0.2, 0) is 0 Å². The van der Waals surface area contributed by atoms with E-state index in [0.717, 1.165) is 11.8 Å². The van der Waals surface area contributed by atoms with Gasteiger partial charge in [0.2, 0.25) is 0 Å². The Morgan fingerprint density at radius 1 is 0.500 bits per heavy atom. The molecule has 0 aromatic heterocycles. The number of allylic oxidation sites excluding steroid dienone is 2. The molecule has 0 aliphatic heterocycles. The molecule has 1 aliphatic carbocycles. The maximum atomic E-state index is 2.45. The summed E-state index contributed by atoms with van der Waals surface area (Å²) in [6.45, 7) is 4.60. The van der Waals surface area contributed by atoms with Crippen molar-refractivity contribution < 1.29 is 0 Å². The summed E-state index contributed by atoms with van der Waals surface area (Å²) in [6.07, 6.45) is 36.9. The summed E-state index contributed by atoms with van der Waals surface area (Å²) in [5.74, 6) is 2.15. The smallest absolute Gasteiger partial charge is 0.0351 e. The SMILES string of the molecule is CCCCCCC=CCCCCC1CCC(CCCCCCCCCCC)C1. The largest absolute Gasteiger partial charge is 0.0885 e. The summed E-state index contributed by atoms with van der Waals surface area (Å²) >= 11 is 0. The van der Waals surface area contributed by atoms with Crippen LogP contribution in [0.5, 0.6) is 0 Å². The van der Waals surface area contributed by atoms with E-state index in [-0.39, 0.29) is 0 Å². The Morgan fingerprint density at radius 2 is 0.893 bits per heavy atom. The minimum Gasteiger partial charge on any atom is -0.0885 e. The van der Waals surface area contributed by atoms with Crippen LogP contribution >= 0.6 is 0 Å². The molecular formula is C28H54. The summed E-state index contributed by atoms with van der Waals surface area (Å²) in [7, 11) is 0. The number of hydrogen-bond acceptors (Lipinski definition) is 0. The molecule has 166 valence electrons. The minimum atomic E-state index is 1.07. The fraction of sp³-hybridized carbons (Fsp3) is 0.929. The molecule has 0 radical (unpaired) electrons. The van der Waals surface area contributed by atoms with Crippen molar-refractivity contribution in [3.8, 4) is 0 Å². The van der Waals surface area contributed by atoms with Crippen LogP contribution in [0.2, 0.25) is 0 Å². The topological polar surface area (TPSA) is 0 Å². The third-order valence-corrected chi connectivity index (χ3v) is 6.99. The third-order valence-electron chi connectivity index (χ3n) is 6.99. The molecule has 0 spiro atoms. The van der Waals surface area contributed by atoms with Gasteiger partial charge in [0.15, 0.2) is 0 Å². The molecule has 2 atom stereocenters. The van der Waals surface area contributed by atoms with Crippen LogP contribution in [-0.4, -0.2) is 0 Å². The van der Waals surface area contributed by atoms with Crippen molar-refractivity contribution in [1.82, 2.24) is 0 Å². The van der Waals surface area contributed by atoms with Gasteiger partial charge in [0.1, 0.15) is 0 Å². The molecule has 28 heavy (non-hydrogen) atoms. The van der Waals surface area contributed by atoms with E-state index in [1.807, 2.05) is 0 Å². The molecule has 1 fully saturated rings. The first-order chi connectivity index (χ1) is 13.9. The number of hydrogen-bond donors (Lipinski definition) is 0.